The van der Waals surface area contributed by atoms with Crippen LogP contribution in [0, 0.1) is 0 Å². The summed E-state index contributed by atoms with van der Waals surface area (Å²) in [5.41, 5.74) is 0. The molecule has 0 aliphatic carbocycles. The quantitative estimate of drug-likeness (QED) is 0.0146. The second kappa shape index (κ2) is 63.6. The van der Waals surface area contributed by atoms with Gasteiger partial charge in [-0.1, -0.05) is 218 Å². The van der Waals surface area contributed by atoms with Crippen molar-refractivity contribution in [3.8, 4) is 0 Å². The third-order valence-electron chi connectivity index (χ3n) is 13.0. The number of phosphoric ester groups is 2. The molecule has 0 fully saturated rings. The number of phosphoric acid groups is 2. The maximum Gasteiger partial charge on any atom is 0.472 e. The van der Waals surface area contributed by atoms with Gasteiger partial charge in [0.1, 0.15) is 25.4 Å². The van der Waals surface area contributed by atoms with Crippen LogP contribution in [0.3, 0.4) is 0 Å². The molecule has 0 aromatic heterocycles. The Kier molecular flexibility index (Phi) is 60.3. The Hall–Kier alpha value is -4.57. The van der Waals surface area contributed by atoms with E-state index in [9.17, 15) is 43.5 Å². The van der Waals surface area contributed by atoms with Crippen LogP contribution >= 0.6 is 15.6 Å². The zero-order valence-corrected chi connectivity index (χ0v) is 56.3. The van der Waals surface area contributed by atoms with E-state index < -0.39 is 91.5 Å². The van der Waals surface area contributed by atoms with Crippen molar-refractivity contribution in [2.45, 2.75) is 245 Å². The van der Waals surface area contributed by atoms with Gasteiger partial charge < -0.3 is 34.2 Å². The Morgan fingerprint density at radius 3 is 0.989 bits per heavy atom. The van der Waals surface area contributed by atoms with E-state index in [1.54, 1.807) is 0 Å². The molecule has 0 aromatic carbocycles. The maximum atomic E-state index is 12.9. The van der Waals surface area contributed by atoms with Crippen molar-refractivity contribution < 1.29 is 75.8 Å². The Morgan fingerprint density at radius 2 is 0.607 bits per heavy atom. The first kappa shape index (κ1) is 84.4. The molecule has 0 amide bonds. The largest absolute Gasteiger partial charge is 0.472 e. The van der Waals surface area contributed by atoms with Gasteiger partial charge in [0.05, 0.1) is 26.4 Å². The van der Waals surface area contributed by atoms with Crippen LogP contribution in [-0.4, -0.2) is 95.9 Å². The Labute approximate surface area is 537 Å². The number of ether oxygens (including phenoxy) is 3. The van der Waals surface area contributed by atoms with Crippen molar-refractivity contribution >= 4 is 33.6 Å². The fourth-order valence-electron chi connectivity index (χ4n) is 8.01. The highest BCUT2D eigenvalue weighted by molar-refractivity contribution is 7.47. The number of hydrogen-bond donors (Lipinski definition) is 4. The van der Waals surface area contributed by atoms with E-state index in [-0.39, 0.29) is 19.3 Å². The number of rotatable bonds is 61. The van der Waals surface area contributed by atoms with Crippen molar-refractivity contribution in [1.82, 2.24) is 0 Å². The van der Waals surface area contributed by atoms with Crippen molar-refractivity contribution in [2.24, 2.45) is 0 Å². The fourth-order valence-corrected chi connectivity index (χ4v) is 9.60. The Bertz CT molecular complexity index is 2210. The summed E-state index contributed by atoms with van der Waals surface area (Å²) >= 11 is 0. The molecule has 0 aromatic rings. The molecule has 0 rings (SSSR count). The highest BCUT2D eigenvalue weighted by Crippen LogP contribution is 2.45. The predicted octanol–water partition coefficient (Wildman–Crippen LogP) is 18.2. The topological polar surface area (TPSA) is 231 Å². The molecule has 16 nitrogen and oxygen atoms in total. The number of esters is 3. The van der Waals surface area contributed by atoms with Crippen LogP contribution in [0.4, 0.5) is 0 Å². The molecule has 4 N–H and O–H groups in total. The number of allylic oxidation sites excluding steroid dienone is 24. The van der Waals surface area contributed by atoms with Gasteiger partial charge in [0.25, 0.3) is 0 Å². The van der Waals surface area contributed by atoms with Gasteiger partial charge in [-0.2, -0.15) is 0 Å². The average Bonchev–Trinajstić information content (AvgIpc) is 3.73. The minimum absolute atomic E-state index is 0.0668. The number of carbonyl (C=O) groups is 3. The smallest absolute Gasteiger partial charge is 0.463 e. The number of unbranched alkanes of at least 4 members (excludes halogenated alkanes) is 14. The molecule has 0 aliphatic rings. The van der Waals surface area contributed by atoms with Crippen molar-refractivity contribution in [3.05, 3.63) is 146 Å². The van der Waals surface area contributed by atoms with Gasteiger partial charge >= 0.3 is 33.6 Å². The number of aliphatic hydroxyl groups excluding tert-OH is 2. The molecule has 0 saturated carbocycles. The molecule has 89 heavy (non-hydrogen) atoms. The van der Waals surface area contributed by atoms with Crippen LogP contribution in [-0.2, 0) is 55.8 Å². The van der Waals surface area contributed by atoms with Gasteiger partial charge in [-0.25, -0.2) is 9.13 Å². The van der Waals surface area contributed by atoms with E-state index in [0.717, 1.165) is 135 Å². The highest BCUT2D eigenvalue weighted by atomic mass is 31.2. The molecule has 0 radical (unpaired) electrons. The summed E-state index contributed by atoms with van der Waals surface area (Å²) in [5.74, 6) is -1.69. The van der Waals surface area contributed by atoms with E-state index in [2.05, 4.69) is 154 Å². The van der Waals surface area contributed by atoms with Gasteiger partial charge in [-0.15, -0.1) is 0 Å². The first-order chi connectivity index (χ1) is 43.2. The van der Waals surface area contributed by atoms with Gasteiger partial charge in [0.2, 0.25) is 0 Å². The molecule has 18 heteroatoms. The van der Waals surface area contributed by atoms with Gasteiger partial charge in [0, 0.05) is 19.3 Å². The van der Waals surface area contributed by atoms with Gasteiger partial charge in [-0.3, -0.25) is 32.5 Å². The molecule has 5 unspecified atom stereocenters. The van der Waals surface area contributed by atoms with E-state index in [1.807, 2.05) is 12.2 Å². The first-order valence-corrected chi connectivity index (χ1v) is 36.1. The Morgan fingerprint density at radius 1 is 0.326 bits per heavy atom. The summed E-state index contributed by atoms with van der Waals surface area (Å²) in [6.45, 7) is 2.26. The van der Waals surface area contributed by atoms with Crippen molar-refractivity contribution in [1.29, 1.82) is 0 Å². The van der Waals surface area contributed by atoms with Crippen LogP contribution in [0.5, 0.6) is 0 Å². The molecule has 0 bridgehead atoms. The average molecular weight is 1290 g/mol. The third-order valence-corrected chi connectivity index (χ3v) is 14.9. The normalized spacial score (nSPS) is 15.2. The lowest BCUT2D eigenvalue weighted by atomic mass is 10.1. The van der Waals surface area contributed by atoms with Crippen LogP contribution in [0.1, 0.15) is 226 Å². The predicted molar refractivity (Wildman–Crippen MR) is 362 cm³/mol. The van der Waals surface area contributed by atoms with Crippen molar-refractivity contribution in [2.75, 3.05) is 39.6 Å². The molecular weight excluding hydrogens is 1170 g/mol. The molecule has 0 heterocycles. The summed E-state index contributed by atoms with van der Waals surface area (Å²) in [6, 6.07) is 0. The molecule has 506 valence electrons. The van der Waals surface area contributed by atoms with Crippen molar-refractivity contribution in [3.63, 3.8) is 0 Å². The number of aliphatic hydroxyl groups is 2. The third kappa shape index (κ3) is 64.8. The van der Waals surface area contributed by atoms with E-state index in [0.29, 0.717) is 25.7 Å². The highest BCUT2D eigenvalue weighted by Gasteiger charge is 2.29. The van der Waals surface area contributed by atoms with Gasteiger partial charge in [0.15, 0.2) is 6.10 Å². The van der Waals surface area contributed by atoms with Gasteiger partial charge in [-0.05, 0) is 135 Å². The lowest BCUT2D eigenvalue weighted by Gasteiger charge is -2.21. The number of hydrogen-bond acceptors (Lipinski definition) is 14. The minimum atomic E-state index is -4.95. The lowest BCUT2D eigenvalue weighted by Crippen LogP contribution is -2.30. The van der Waals surface area contributed by atoms with E-state index in [4.69, 9.17) is 32.3 Å². The van der Waals surface area contributed by atoms with Crippen LogP contribution < -0.4 is 0 Å². The van der Waals surface area contributed by atoms with E-state index in [1.165, 1.54) is 25.7 Å². The second-order valence-electron chi connectivity index (χ2n) is 21.5. The molecule has 5 atom stereocenters. The fraction of sp³-hybridized carbons (Fsp3) is 0.620. The SMILES string of the molecule is CC/C=C\C/C=C\C/C=C\C/C=C\C/C=C\CCCC(=O)OCC(COP(=O)(O)OCC(O)COP(=O)(O)OCC(O)COC(=O)CCCCCCC/C=C\C/C=C\C/C=C\C/C=C\CCCCC)OC(=O)CCCCCCC/C=C\C/C=C\C/C=C\CC. The summed E-state index contributed by atoms with van der Waals surface area (Å²) in [7, 11) is -9.81. The summed E-state index contributed by atoms with van der Waals surface area (Å²) in [4.78, 5) is 58.3. The molecular formula is C71H116O16P2. The maximum absolute atomic E-state index is 12.9. The summed E-state index contributed by atoms with van der Waals surface area (Å²) in [6.07, 6.45) is 74.8. The zero-order valence-electron chi connectivity index (χ0n) is 54.5. The van der Waals surface area contributed by atoms with Crippen LogP contribution in [0.2, 0.25) is 0 Å². The van der Waals surface area contributed by atoms with Crippen LogP contribution in [0.15, 0.2) is 146 Å². The molecule has 0 saturated heterocycles. The number of carbonyl (C=O) groups excluding carboxylic acids is 3. The molecule has 0 spiro atoms. The first-order valence-electron chi connectivity index (χ1n) is 33.1. The van der Waals surface area contributed by atoms with Crippen LogP contribution in [0.25, 0.3) is 0 Å². The second-order valence-corrected chi connectivity index (χ2v) is 24.4. The zero-order chi connectivity index (χ0) is 65.3. The Balaban J connectivity index is 4.75. The minimum Gasteiger partial charge on any atom is -0.463 e. The lowest BCUT2D eigenvalue weighted by molar-refractivity contribution is -0.161. The molecule has 0 aliphatic heterocycles. The standard InChI is InChI=1S/C71H116O16P2/c1-4-7-10-13-16-19-22-25-28-30-31-32-33-35-38-39-42-45-48-51-54-57-69(74)81-60-66(72)61-83-88(77,78)84-62-67(73)63-85-89(79,80)86-65-68(87-71(76)59-56-53-50-47-44-41-36-27-24-21-18-15-12-9-6-3)64-82-70(75)58-55-52-49-46-43-40-37-34-29-26-23-20-17-14-11-8-5-2/h8-9,11-12,16-21,25-29,31-32,35-38,40,46,49,66-68,72-73H,4-7,10,13-15,22-24,30,33-34,39,41-45,47-48,50-65H2,1-3H3,(H,77,78)(H,79,80)/b11-8-,12-9-,19-16-,20-17-,21-18-,28-25-,29-26-,32-31-,36-27-,38-35-,40-37-,49-46-. The summed E-state index contributed by atoms with van der Waals surface area (Å²) in [5, 5.41) is 20.5. The van der Waals surface area contributed by atoms with E-state index >= 15 is 0 Å². The monoisotopic (exact) mass is 1290 g/mol. The summed E-state index contributed by atoms with van der Waals surface area (Å²) < 4.78 is 60.7.